The summed E-state index contributed by atoms with van der Waals surface area (Å²) in [7, 11) is 3.18. The second-order valence-electron chi connectivity index (χ2n) is 5.24. The Labute approximate surface area is 138 Å². The lowest BCUT2D eigenvalue weighted by Gasteiger charge is -2.14. The van der Waals surface area contributed by atoms with Crippen LogP contribution in [0, 0.1) is 13.8 Å². The Hall–Kier alpha value is -2.35. The van der Waals surface area contributed by atoms with Crippen molar-refractivity contribution in [3.05, 3.63) is 28.3 Å². The fraction of sp³-hybridized carbons (Fsp3) is 0.429. The van der Waals surface area contributed by atoms with Gasteiger partial charge in [0.25, 0.3) is 5.91 Å². The number of carbonyl (C=O) groups excluding carboxylic acids is 2. The fourth-order valence-corrected chi connectivity index (χ4v) is 2.36. The van der Waals surface area contributed by atoms with E-state index in [1.165, 1.54) is 11.7 Å². The first kappa shape index (κ1) is 17.0. The van der Waals surface area contributed by atoms with Gasteiger partial charge in [-0.3, -0.25) is 19.0 Å². The Morgan fingerprint density at radius 1 is 1.30 bits per heavy atom. The minimum absolute atomic E-state index is 0.155. The Morgan fingerprint density at radius 2 is 1.96 bits per heavy atom. The van der Waals surface area contributed by atoms with Gasteiger partial charge >= 0.3 is 0 Å². The van der Waals surface area contributed by atoms with Crippen LogP contribution in [0.3, 0.4) is 0 Å². The third kappa shape index (κ3) is 3.21. The SMILES string of the molecule is CNC(=O)c1nn(C)cc1NC(=O)C(C)n1nc(C)c(Cl)c1C. The van der Waals surface area contributed by atoms with E-state index in [2.05, 4.69) is 20.8 Å². The summed E-state index contributed by atoms with van der Waals surface area (Å²) < 4.78 is 3.02. The molecule has 0 aliphatic carbocycles. The van der Waals surface area contributed by atoms with Gasteiger partial charge in [-0.1, -0.05) is 11.6 Å². The molecule has 2 amide bonds. The van der Waals surface area contributed by atoms with Gasteiger partial charge in [0.1, 0.15) is 6.04 Å². The second-order valence-corrected chi connectivity index (χ2v) is 5.62. The maximum Gasteiger partial charge on any atom is 0.273 e. The first-order valence-electron chi connectivity index (χ1n) is 7.04. The molecule has 0 saturated carbocycles. The molecule has 2 aromatic heterocycles. The molecule has 9 heteroatoms. The largest absolute Gasteiger partial charge is 0.354 e. The van der Waals surface area contributed by atoms with Gasteiger partial charge in [-0.25, -0.2) is 0 Å². The molecule has 0 bridgehead atoms. The van der Waals surface area contributed by atoms with Crippen molar-refractivity contribution in [2.24, 2.45) is 7.05 Å². The van der Waals surface area contributed by atoms with Crippen molar-refractivity contribution in [3.8, 4) is 0 Å². The first-order chi connectivity index (χ1) is 10.8. The van der Waals surface area contributed by atoms with Crippen LogP contribution in [-0.2, 0) is 11.8 Å². The molecule has 124 valence electrons. The minimum Gasteiger partial charge on any atom is -0.354 e. The molecule has 0 fully saturated rings. The van der Waals surface area contributed by atoms with Gasteiger partial charge in [-0.2, -0.15) is 10.2 Å². The Bertz CT molecular complexity index is 764. The summed E-state index contributed by atoms with van der Waals surface area (Å²) in [6.07, 6.45) is 1.57. The zero-order valence-corrected chi connectivity index (χ0v) is 14.4. The van der Waals surface area contributed by atoms with E-state index in [4.69, 9.17) is 11.6 Å². The average molecular weight is 339 g/mol. The molecule has 0 radical (unpaired) electrons. The van der Waals surface area contributed by atoms with Crippen LogP contribution in [0.15, 0.2) is 6.20 Å². The predicted octanol–water partition coefficient (Wildman–Crippen LogP) is 1.45. The second kappa shape index (κ2) is 6.41. The van der Waals surface area contributed by atoms with Crippen LogP contribution in [-0.4, -0.2) is 38.4 Å². The van der Waals surface area contributed by atoms with Crippen LogP contribution < -0.4 is 10.6 Å². The molecule has 0 aliphatic heterocycles. The molecule has 23 heavy (non-hydrogen) atoms. The van der Waals surface area contributed by atoms with Crippen LogP contribution in [0.4, 0.5) is 5.69 Å². The summed E-state index contributed by atoms with van der Waals surface area (Å²) in [6, 6.07) is -0.584. The summed E-state index contributed by atoms with van der Waals surface area (Å²) in [6.45, 7) is 5.29. The molecule has 0 spiro atoms. The van der Waals surface area contributed by atoms with Crippen molar-refractivity contribution in [2.75, 3.05) is 12.4 Å². The zero-order valence-electron chi connectivity index (χ0n) is 13.6. The topological polar surface area (TPSA) is 93.8 Å². The molecule has 8 nitrogen and oxygen atoms in total. The lowest BCUT2D eigenvalue weighted by molar-refractivity contribution is -0.119. The molecule has 1 unspecified atom stereocenters. The number of halogens is 1. The number of aryl methyl sites for hydroxylation is 2. The summed E-state index contributed by atoms with van der Waals surface area (Å²) in [4.78, 5) is 24.3. The molecule has 0 saturated heterocycles. The van der Waals surface area contributed by atoms with Crippen LogP contribution in [0.2, 0.25) is 5.02 Å². The number of anilines is 1. The summed E-state index contributed by atoms with van der Waals surface area (Å²) in [5.41, 5.74) is 1.87. The van der Waals surface area contributed by atoms with E-state index in [9.17, 15) is 9.59 Å². The lowest BCUT2D eigenvalue weighted by atomic mass is 10.2. The van der Waals surface area contributed by atoms with Crippen molar-refractivity contribution < 1.29 is 9.59 Å². The predicted molar refractivity (Wildman–Crippen MR) is 86.6 cm³/mol. The number of hydrogen-bond acceptors (Lipinski definition) is 4. The minimum atomic E-state index is -0.584. The van der Waals surface area contributed by atoms with Crippen LogP contribution in [0.25, 0.3) is 0 Å². The lowest BCUT2D eigenvalue weighted by Crippen LogP contribution is -2.27. The quantitative estimate of drug-likeness (QED) is 0.882. The molecule has 2 N–H and O–H groups in total. The van der Waals surface area contributed by atoms with Gasteiger partial charge in [0.05, 0.1) is 22.1 Å². The van der Waals surface area contributed by atoms with E-state index in [-0.39, 0.29) is 17.5 Å². The molecular formula is C14H19ClN6O2. The first-order valence-corrected chi connectivity index (χ1v) is 7.41. The zero-order chi connectivity index (χ0) is 17.3. The maximum absolute atomic E-state index is 12.5. The number of carbonyl (C=O) groups is 2. The third-order valence-corrected chi connectivity index (χ3v) is 4.06. The smallest absolute Gasteiger partial charge is 0.273 e. The highest BCUT2D eigenvalue weighted by molar-refractivity contribution is 6.31. The Morgan fingerprint density at radius 3 is 2.48 bits per heavy atom. The number of rotatable bonds is 4. The Balaban J connectivity index is 2.25. The molecule has 2 rings (SSSR count). The molecule has 1 atom stereocenters. The van der Waals surface area contributed by atoms with E-state index >= 15 is 0 Å². The number of nitrogens with zero attached hydrogens (tertiary/aromatic N) is 4. The normalized spacial score (nSPS) is 12.1. The van der Waals surface area contributed by atoms with Gasteiger partial charge < -0.3 is 10.6 Å². The average Bonchev–Trinajstić information content (AvgIpc) is 3.00. The summed E-state index contributed by atoms with van der Waals surface area (Å²) in [5.74, 6) is -0.687. The summed E-state index contributed by atoms with van der Waals surface area (Å²) in [5, 5.41) is 14.1. The van der Waals surface area contributed by atoms with E-state index in [0.29, 0.717) is 22.1 Å². The van der Waals surface area contributed by atoms with E-state index < -0.39 is 6.04 Å². The van der Waals surface area contributed by atoms with Crippen molar-refractivity contribution in [2.45, 2.75) is 26.8 Å². The highest BCUT2D eigenvalue weighted by atomic mass is 35.5. The van der Waals surface area contributed by atoms with Gasteiger partial charge in [0, 0.05) is 20.3 Å². The summed E-state index contributed by atoms with van der Waals surface area (Å²) >= 11 is 6.11. The number of amides is 2. The number of hydrogen-bond donors (Lipinski definition) is 2. The highest BCUT2D eigenvalue weighted by Gasteiger charge is 2.23. The molecule has 2 aromatic rings. The van der Waals surface area contributed by atoms with E-state index in [1.807, 2.05) is 0 Å². The molecule has 0 aromatic carbocycles. The highest BCUT2D eigenvalue weighted by Crippen LogP contribution is 2.23. The fourth-order valence-electron chi connectivity index (χ4n) is 2.23. The standard InChI is InChI=1S/C14H19ClN6O2/c1-7-11(15)8(2)21(18-7)9(3)13(22)17-10-6-20(5)19-12(10)14(23)16-4/h6,9H,1-5H3,(H,16,23)(H,17,22). The third-order valence-electron chi connectivity index (χ3n) is 3.51. The Kier molecular flexibility index (Phi) is 4.74. The van der Waals surface area contributed by atoms with Gasteiger partial charge in [0.15, 0.2) is 5.69 Å². The number of aromatic nitrogens is 4. The van der Waals surface area contributed by atoms with Crippen LogP contribution >= 0.6 is 11.6 Å². The van der Waals surface area contributed by atoms with Crippen molar-refractivity contribution in [1.82, 2.24) is 24.9 Å². The monoisotopic (exact) mass is 338 g/mol. The van der Waals surface area contributed by atoms with Crippen LogP contribution in [0.5, 0.6) is 0 Å². The van der Waals surface area contributed by atoms with Gasteiger partial charge in [-0.05, 0) is 20.8 Å². The number of nitrogens with one attached hydrogen (secondary N) is 2. The molecular weight excluding hydrogens is 320 g/mol. The van der Waals surface area contributed by atoms with Gasteiger partial charge in [0.2, 0.25) is 5.91 Å². The van der Waals surface area contributed by atoms with Crippen molar-refractivity contribution in [1.29, 1.82) is 0 Å². The van der Waals surface area contributed by atoms with Crippen LogP contribution in [0.1, 0.15) is 34.8 Å². The van der Waals surface area contributed by atoms with Crippen molar-refractivity contribution in [3.63, 3.8) is 0 Å². The molecule has 0 aliphatic rings. The molecule has 2 heterocycles. The van der Waals surface area contributed by atoms with Gasteiger partial charge in [-0.15, -0.1) is 0 Å². The van der Waals surface area contributed by atoms with E-state index in [0.717, 1.165) is 0 Å². The van der Waals surface area contributed by atoms with E-state index in [1.54, 1.807) is 38.7 Å². The van der Waals surface area contributed by atoms with Crippen molar-refractivity contribution >= 4 is 29.1 Å². The maximum atomic E-state index is 12.5.